The van der Waals surface area contributed by atoms with E-state index >= 15 is 0 Å². The van der Waals surface area contributed by atoms with Crippen molar-refractivity contribution in [2.45, 2.75) is 39.0 Å². The number of hydrogen-bond acceptors (Lipinski definition) is 3. The highest BCUT2D eigenvalue weighted by Gasteiger charge is 2.23. The second-order valence-electron chi connectivity index (χ2n) is 5.68. The van der Waals surface area contributed by atoms with Gasteiger partial charge in [-0.2, -0.15) is 0 Å². The van der Waals surface area contributed by atoms with Crippen LogP contribution in [0.15, 0.2) is 11.8 Å². The Hall–Kier alpha value is -0.870. The van der Waals surface area contributed by atoms with Crippen molar-refractivity contribution >= 4 is 5.91 Å². The van der Waals surface area contributed by atoms with Crippen molar-refractivity contribution in [3.05, 3.63) is 11.8 Å². The van der Waals surface area contributed by atoms with Crippen molar-refractivity contribution in [3.63, 3.8) is 0 Å². The molecular formula is C15H27N3O. The number of piperidine rings is 1. The monoisotopic (exact) mass is 265 g/mol. The standard InChI is InChI=1S/C15H27N3O/c1-2-18(14-5-3-4-6-14)15(19)12-17-9-7-13(11-16)8-10-17/h5,13H,2-4,6-12,16H2,1H3. The number of likely N-dealkylation sites (N-methyl/N-ethyl adjacent to an activating group) is 1. The molecule has 1 aliphatic carbocycles. The van der Waals surface area contributed by atoms with Crippen molar-refractivity contribution in [2.24, 2.45) is 11.7 Å². The van der Waals surface area contributed by atoms with E-state index in [9.17, 15) is 4.79 Å². The smallest absolute Gasteiger partial charge is 0.240 e. The van der Waals surface area contributed by atoms with Gasteiger partial charge in [-0.1, -0.05) is 6.08 Å². The quantitative estimate of drug-likeness (QED) is 0.821. The minimum Gasteiger partial charge on any atom is -0.330 e. The molecule has 1 heterocycles. The largest absolute Gasteiger partial charge is 0.330 e. The normalized spacial score (nSPS) is 21.5. The lowest BCUT2D eigenvalue weighted by Crippen LogP contribution is -2.43. The maximum Gasteiger partial charge on any atom is 0.240 e. The van der Waals surface area contributed by atoms with Crippen LogP contribution >= 0.6 is 0 Å². The average molecular weight is 265 g/mol. The van der Waals surface area contributed by atoms with Gasteiger partial charge in [0, 0.05) is 12.2 Å². The van der Waals surface area contributed by atoms with Crippen molar-refractivity contribution in [3.8, 4) is 0 Å². The molecule has 4 nitrogen and oxygen atoms in total. The second kappa shape index (κ2) is 7.06. The molecule has 1 fully saturated rings. The molecule has 0 saturated carbocycles. The molecule has 0 aromatic carbocycles. The second-order valence-corrected chi connectivity index (χ2v) is 5.68. The lowest BCUT2D eigenvalue weighted by atomic mass is 9.97. The molecule has 0 unspecified atom stereocenters. The topological polar surface area (TPSA) is 49.6 Å². The maximum atomic E-state index is 12.4. The van der Waals surface area contributed by atoms with E-state index in [0.29, 0.717) is 12.5 Å². The van der Waals surface area contributed by atoms with Gasteiger partial charge in [-0.3, -0.25) is 9.69 Å². The van der Waals surface area contributed by atoms with E-state index in [1.54, 1.807) is 0 Å². The van der Waals surface area contributed by atoms with E-state index < -0.39 is 0 Å². The predicted molar refractivity (Wildman–Crippen MR) is 77.5 cm³/mol. The molecule has 0 aromatic rings. The Morgan fingerprint density at radius 3 is 2.74 bits per heavy atom. The van der Waals surface area contributed by atoms with Crippen molar-refractivity contribution in [1.82, 2.24) is 9.80 Å². The molecule has 1 amide bonds. The fraction of sp³-hybridized carbons (Fsp3) is 0.800. The summed E-state index contributed by atoms with van der Waals surface area (Å²) in [6, 6.07) is 0. The Balaban J connectivity index is 1.83. The molecule has 2 rings (SSSR count). The molecular weight excluding hydrogens is 238 g/mol. The van der Waals surface area contributed by atoms with Crippen LogP contribution < -0.4 is 5.73 Å². The van der Waals surface area contributed by atoms with Crippen LogP contribution in [0.1, 0.15) is 39.0 Å². The highest BCUT2D eigenvalue weighted by Crippen LogP contribution is 2.22. The van der Waals surface area contributed by atoms with E-state index in [1.165, 1.54) is 12.1 Å². The Morgan fingerprint density at radius 2 is 2.21 bits per heavy atom. The number of carbonyl (C=O) groups excluding carboxylic acids is 1. The summed E-state index contributed by atoms with van der Waals surface area (Å²) in [4.78, 5) is 16.7. The zero-order valence-corrected chi connectivity index (χ0v) is 12.1. The summed E-state index contributed by atoms with van der Waals surface area (Å²) in [5.74, 6) is 0.924. The van der Waals surface area contributed by atoms with Crippen LogP contribution in [0.4, 0.5) is 0 Å². The lowest BCUT2D eigenvalue weighted by Gasteiger charge is -2.32. The number of likely N-dealkylation sites (tertiary alicyclic amines) is 1. The van der Waals surface area contributed by atoms with Crippen molar-refractivity contribution in [1.29, 1.82) is 0 Å². The number of rotatable bonds is 5. The van der Waals surface area contributed by atoms with Gasteiger partial charge in [-0.05, 0) is 64.6 Å². The van der Waals surface area contributed by atoms with Gasteiger partial charge in [-0.25, -0.2) is 0 Å². The first-order valence-corrected chi connectivity index (χ1v) is 7.66. The number of carbonyl (C=O) groups is 1. The Bertz CT molecular complexity index is 332. The number of nitrogens with zero attached hydrogens (tertiary/aromatic N) is 2. The minimum atomic E-state index is 0.266. The Morgan fingerprint density at radius 1 is 1.47 bits per heavy atom. The van der Waals surface area contributed by atoms with E-state index in [4.69, 9.17) is 5.73 Å². The van der Waals surface area contributed by atoms with Gasteiger partial charge >= 0.3 is 0 Å². The zero-order valence-electron chi connectivity index (χ0n) is 12.1. The summed E-state index contributed by atoms with van der Waals surface area (Å²) in [5, 5.41) is 0. The average Bonchev–Trinajstić information content (AvgIpc) is 2.94. The minimum absolute atomic E-state index is 0.266. The number of hydrogen-bond donors (Lipinski definition) is 1. The molecule has 2 aliphatic rings. The van der Waals surface area contributed by atoms with Crippen molar-refractivity contribution in [2.75, 3.05) is 32.7 Å². The molecule has 1 saturated heterocycles. The van der Waals surface area contributed by atoms with Gasteiger partial charge in [0.2, 0.25) is 5.91 Å². The van der Waals surface area contributed by atoms with E-state index in [0.717, 1.165) is 51.9 Å². The highest BCUT2D eigenvalue weighted by atomic mass is 16.2. The van der Waals surface area contributed by atoms with Gasteiger partial charge in [-0.15, -0.1) is 0 Å². The van der Waals surface area contributed by atoms with E-state index in [2.05, 4.69) is 17.9 Å². The Labute approximate surface area is 116 Å². The van der Waals surface area contributed by atoms with Crippen LogP contribution in [0.2, 0.25) is 0 Å². The number of allylic oxidation sites excluding steroid dienone is 2. The van der Waals surface area contributed by atoms with Crippen LogP contribution in [0.5, 0.6) is 0 Å². The molecule has 0 aromatic heterocycles. The zero-order chi connectivity index (χ0) is 13.7. The maximum absolute atomic E-state index is 12.4. The number of amides is 1. The fourth-order valence-corrected chi connectivity index (χ4v) is 3.10. The third kappa shape index (κ3) is 3.80. The van der Waals surface area contributed by atoms with Crippen LogP contribution in [0.25, 0.3) is 0 Å². The molecule has 0 radical (unpaired) electrons. The van der Waals surface area contributed by atoms with Crippen LogP contribution in [-0.2, 0) is 4.79 Å². The molecule has 1 aliphatic heterocycles. The third-order valence-corrected chi connectivity index (χ3v) is 4.38. The first-order chi connectivity index (χ1) is 9.24. The fourth-order valence-electron chi connectivity index (χ4n) is 3.10. The number of nitrogens with two attached hydrogens (primary N) is 1. The van der Waals surface area contributed by atoms with E-state index in [-0.39, 0.29) is 5.91 Å². The third-order valence-electron chi connectivity index (χ3n) is 4.38. The van der Waals surface area contributed by atoms with Crippen molar-refractivity contribution < 1.29 is 4.79 Å². The van der Waals surface area contributed by atoms with Crippen LogP contribution in [0.3, 0.4) is 0 Å². The predicted octanol–water partition coefficient (Wildman–Crippen LogP) is 1.57. The summed E-state index contributed by atoms with van der Waals surface area (Å²) in [7, 11) is 0. The summed E-state index contributed by atoms with van der Waals surface area (Å²) >= 11 is 0. The van der Waals surface area contributed by atoms with Gasteiger partial charge < -0.3 is 10.6 Å². The summed E-state index contributed by atoms with van der Waals surface area (Å²) in [6.45, 7) is 6.26. The first-order valence-electron chi connectivity index (χ1n) is 7.66. The van der Waals surface area contributed by atoms with Crippen LogP contribution in [-0.4, -0.2) is 48.4 Å². The van der Waals surface area contributed by atoms with Gasteiger partial charge in [0.25, 0.3) is 0 Å². The molecule has 4 heteroatoms. The molecule has 0 bridgehead atoms. The van der Waals surface area contributed by atoms with Gasteiger partial charge in [0.15, 0.2) is 0 Å². The first kappa shape index (κ1) is 14.5. The van der Waals surface area contributed by atoms with Crippen LogP contribution in [0, 0.1) is 5.92 Å². The Kier molecular flexibility index (Phi) is 5.40. The highest BCUT2D eigenvalue weighted by molar-refractivity contribution is 5.80. The summed E-state index contributed by atoms with van der Waals surface area (Å²) < 4.78 is 0. The van der Waals surface area contributed by atoms with Gasteiger partial charge in [0.05, 0.1) is 6.54 Å². The molecule has 19 heavy (non-hydrogen) atoms. The molecule has 108 valence electrons. The molecule has 0 spiro atoms. The summed E-state index contributed by atoms with van der Waals surface area (Å²) in [6.07, 6.45) is 7.89. The lowest BCUT2D eigenvalue weighted by molar-refractivity contribution is -0.130. The molecule has 0 atom stereocenters. The van der Waals surface area contributed by atoms with E-state index in [1.807, 2.05) is 4.90 Å². The summed E-state index contributed by atoms with van der Waals surface area (Å²) in [5.41, 5.74) is 6.94. The van der Waals surface area contributed by atoms with Gasteiger partial charge in [0.1, 0.15) is 0 Å². The molecule has 2 N–H and O–H groups in total. The SMILES string of the molecule is CCN(C(=O)CN1CCC(CN)CC1)C1=CCCC1.